The molecule has 86 valence electrons. The predicted octanol–water partition coefficient (Wildman–Crippen LogP) is 3.83. The molecule has 1 aliphatic rings. The molecule has 0 fully saturated rings. The van der Waals surface area contributed by atoms with E-state index < -0.39 is 12.8 Å². The zero-order valence-electron chi connectivity index (χ0n) is 9.11. The van der Waals surface area contributed by atoms with E-state index >= 15 is 0 Å². The van der Waals surface area contributed by atoms with Crippen molar-refractivity contribution in [3.8, 4) is 0 Å². The van der Waals surface area contributed by atoms with Crippen molar-refractivity contribution in [3.05, 3.63) is 23.5 Å². The van der Waals surface area contributed by atoms with Gasteiger partial charge in [-0.3, -0.25) is 0 Å². The zero-order valence-corrected chi connectivity index (χ0v) is 9.11. The molecule has 0 aromatic rings. The fourth-order valence-corrected chi connectivity index (χ4v) is 1.29. The number of hydrogen-bond donors (Lipinski definition) is 0. The van der Waals surface area contributed by atoms with Gasteiger partial charge in [-0.25, -0.2) is 0 Å². The summed E-state index contributed by atoms with van der Waals surface area (Å²) in [6, 6.07) is 0. The lowest BCUT2D eigenvalue weighted by atomic mass is 9.86. The Bertz CT molecular complexity index is 292. The highest BCUT2D eigenvalue weighted by molar-refractivity contribution is 5.30. The molecule has 0 aliphatic heterocycles. The van der Waals surface area contributed by atoms with Crippen molar-refractivity contribution in [2.75, 3.05) is 6.61 Å². The van der Waals surface area contributed by atoms with Gasteiger partial charge in [0.1, 0.15) is 5.76 Å². The van der Waals surface area contributed by atoms with E-state index in [1.807, 2.05) is 26.8 Å². The second-order valence-electron chi connectivity index (χ2n) is 4.66. The van der Waals surface area contributed by atoms with E-state index in [1.165, 1.54) is 0 Å². The third-order valence-electron chi connectivity index (χ3n) is 2.22. The number of ether oxygens (including phenoxy) is 1. The first-order valence-electron chi connectivity index (χ1n) is 4.78. The summed E-state index contributed by atoms with van der Waals surface area (Å²) < 4.78 is 40.3. The minimum atomic E-state index is -4.26. The smallest absolute Gasteiger partial charge is 0.422 e. The first-order valence-corrected chi connectivity index (χ1v) is 4.78. The molecule has 0 saturated heterocycles. The molecule has 0 aromatic carbocycles. The summed E-state index contributed by atoms with van der Waals surface area (Å²) in [5.74, 6) is 0.400. The Balaban J connectivity index is 2.41. The van der Waals surface area contributed by atoms with E-state index in [1.54, 1.807) is 6.08 Å². The summed E-state index contributed by atoms with van der Waals surface area (Å²) in [6.07, 6.45) is -0.317. The lowest BCUT2D eigenvalue weighted by molar-refractivity contribution is -0.165. The fraction of sp³-hybridized carbons (Fsp3) is 0.636. The van der Waals surface area contributed by atoms with Gasteiger partial charge in [0.25, 0.3) is 0 Å². The molecular weight excluding hydrogens is 205 g/mol. The summed E-state index contributed by atoms with van der Waals surface area (Å²) >= 11 is 0. The van der Waals surface area contributed by atoms with Crippen molar-refractivity contribution < 1.29 is 17.9 Å². The van der Waals surface area contributed by atoms with Crippen LogP contribution in [0.5, 0.6) is 0 Å². The number of rotatable bonds is 2. The molecule has 4 heteroatoms. The van der Waals surface area contributed by atoms with Crippen molar-refractivity contribution in [2.45, 2.75) is 33.4 Å². The molecule has 0 saturated carbocycles. The zero-order chi connectivity index (χ0) is 11.7. The van der Waals surface area contributed by atoms with Gasteiger partial charge in [-0.2, -0.15) is 13.2 Å². The van der Waals surface area contributed by atoms with Crippen molar-refractivity contribution in [1.29, 1.82) is 0 Å². The number of hydrogen-bond acceptors (Lipinski definition) is 1. The molecule has 0 aromatic heterocycles. The first-order chi connectivity index (χ1) is 6.68. The molecule has 15 heavy (non-hydrogen) atoms. The average Bonchev–Trinajstić information content (AvgIpc) is 2.45. The van der Waals surface area contributed by atoms with Crippen LogP contribution in [0.25, 0.3) is 0 Å². The highest BCUT2D eigenvalue weighted by atomic mass is 19.4. The number of halogens is 3. The quantitative estimate of drug-likeness (QED) is 0.687. The minimum Gasteiger partial charge on any atom is -0.488 e. The second-order valence-corrected chi connectivity index (χ2v) is 4.66. The van der Waals surface area contributed by atoms with Gasteiger partial charge in [0.2, 0.25) is 0 Å². The molecule has 0 heterocycles. The average molecular weight is 220 g/mol. The first kappa shape index (κ1) is 12.1. The van der Waals surface area contributed by atoms with Crippen molar-refractivity contribution in [2.24, 2.45) is 5.41 Å². The molecule has 1 nitrogen and oxygen atoms in total. The number of alkyl halides is 3. The summed E-state index contributed by atoms with van der Waals surface area (Å²) in [5.41, 5.74) is 1.08. The van der Waals surface area contributed by atoms with Crippen molar-refractivity contribution >= 4 is 0 Å². The maximum Gasteiger partial charge on any atom is 0.422 e. The molecule has 0 spiro atoms. The summed E-state index contributed by atoms with van der Waals surface area (Å²) in [5, 5.41) is 0. The van der Waals surface area contributed by atoms with Crippen LogP contribution in [0.4, 0.5) is 13.2 Å². The Kier molecular flexibility index (Phi) is 3.16. The van der Waals surface area contributed by atoms with E-state index in [-0.39, 0.29) is 5.41 Å². The summed E-state index contributed by atoms with van der Waals surface area (Å²) in [6.45, 7) is 4.88. The minimum absolute atomic E-state index is 0.0140. The Morgan fingerprint density at radius 3 is 2.20 bits per heavy atom. The number of allylic oxidation sites excluding steroid dienone is 3. The van der Waals surface area contributed by atoms with Crippen LogP contribution in [0, 0.1) is 5.41 Å². The Morgan fingerprint density at radius 1 is 1.20 bits per heavy atom. The molecule has 0 N–H and O–H groups in total. The van der Waals surface area contributed by atoms with E-state index in [2.05, 4.69) is 4.74 Å². The van der Waals surface area contributed by atoms with Crippen LogP contribution in [-0.4, -0.2) is 12.8 Å². The lowest BCUT2D eigenvalue weighted by Gasteiger charge is -2.21. The van der Waals surface area contributed by atoms with Crippen LogP contribution in [0.15, 0.2) is 23.5 Å². The largest absolute Gasteiger partial charge is 0.488 e. The van der Waals surface area contributed by atoms with E-state index in [0.29, 0.717) is 12.2 Å². The van der Waals surface area contributed by atoms with Crippen LogP contribution in [-0.2, 0) is 4.74 Å². The van der Waals surface area contributed by atoms with Crippen LogP contribution in [0.3, 0.4) is 0 Å². The summed E-state index contributed by atoms with van der Waals surface area (Å²) in [4.78, 5) is 0. The third-order valence-corrected chi connectivity index (χ3v) is 2.22. The highest BCUT2D eigenvalue weighted by Gasteiger charge is 2.30. The van der Waals surface area contributed by atoms with Gasteiger partial charge >= 0.3 is 6.18 Å². The van der Waals surface area contributed by atoms with E-state index in [9.17, 15) is 13.2 Å². The Labute approximate surface area is 87.6 Å². The maximum absolute atomic E-state index is 11.9. The van der Waals surface area contributed by atoms with Gasteiger partial charge in [-0.1, -0.05) is 32.4 Å². The maximum atomic E-state index is 11.9. The standard InChI is InChI=1S/C11H15F3O/c1-10(2,3)8-4-5-9(6-8)15-7-11(12,13)14/h4-5H,6-7H2,1-3H3. The monoisotopic (exact) mass is 220 g/mol. The van der Waals surface area contributed by atoms with Crippen LogP contribution in [0.1, 0.15) is 27.2 Å². The molecular formula is C11H15F3O. The lowest BCUT2D eigenvalue weighted by Crippen LogP contribution is -2.17. The third kappa shape index (κ3) is 3.98. The van der Waals surface area contributed by atoms with E-state index in [4.69, 9.17) is 0 Å². The molecule has 1 aliphatic carbocycles. The molecule has 0 atom stereocenters. The normalized spacial score (nSPS) is 17.5. The van der Waals surface area contributed by atoms with Gasteiger partial charge in [-0.15, -0.1) is 0 Å². The van der Waals surface area contributed by atoms with Gasteiger partial charge in [0, 0.05) is 6.42 Å². The molecule has 0 radical (unpaired) electrons. The molecule has 0 amide bonds. The van der Waals surface area contributed by atoms with Gasteiger partial charge in [-0.05, 0) is 11.5 Å². The van der Waals surface area contributed by atoms with Crippen LogP contribution >= 0.6 is 0 Å². The Morgan fingerprint density at radius 2 is 1.80 bits per heavy atom. The predicted molar refractivity (Wildman–Crippen MR) is 52.2 cm³/mol. The molecule has 1 rings (SSSR count). The van der Waals surface area contributed by atoms with Gasteiger partial charge < -0.3 is 4.74 Å². The van der Waals surface area contributed by atoms with Crippen molar-refractivity contribution in [3.63, 3.8) is 0 Å². The van der Waals surface area contributed by atoms with Crippen molar-refractivity contribution in [1.82, 2.24) is 0 Å². The van der Waals surface area contributed by atoms with Gasteiger partial charge in [0.05, 0.1) is 0 Å². The Hall–Kier alpha value is -0.930. The topological polar surface area (TPSA) is 9.23 Å². The fourth-order valence-electron chi connectivity index (χ4n) is 1.29. The second kappa shape index (κ2) is 3.91. The van der Waals surface area contributed by atoms with E-state index in [0.717, 1.165) is 5.57 Å². The highest BCUT2D eigenvalue weighted by Crippen LogP contribution is 2.34. The van der Waals surface area contributed by atoms with Gasteiger partial charge in [0.15, 0.2) is 6.61 Å². The SMILES string of the molecule is CC(C)(C)C1=CC=C(OCC(F)(F)F)C1. The van der Waals surface area contributed by atoms with Crippen LogP contribution in [0.2, 0.25) is 0 Å². The van der Waals surface area contributed by atoms with Crippen LogP contribution < -0.4 is 0 Å². The molecule has 0 bridgehead atoms. The summed E-state index contributed by atoms with van der Waals surface area (Å²) in [7, 11) is 0. The molecule has 0 unspecified atom stereocenters.